The van der Waals surface area contributed by atoms with Crippen molar-refractivity contribution in [1.82, 2.24) is 4.90 Å². The van der Waals surface area contributed by atoms with Crippen LogP contribution in [0.25, 0.3) is 0 Å². The summed E-state index contributed by atoms with van der Waals surface area (Å²) in [4.78, 5) is 2.34. The van der Waals surface area contributed by atoms with Crippen molar-refractivity contribution >= 4 is 0 Å². The Labute approximate surface area is 169 Å². The zero-order valence-corrected chi connectivity index (χ0v) is 16.6. The molecule has 2 aromatic rings. The van der Waals surface area contributed by atoms with Crippen molar-refractivity contribution in [2.24, 2.45) is 5.92 Å². The minimum Gasteiger partial charge on any atom is -0.504 e. The van der Waals surface area contributed by atoms with Crippen LogP contribution in [0.5, 0.6) is 28.7 Å². The van der Waals surface area contributed by atoms with Gasteiger partial charge in [0.25, 0.3) is 0 Å². The van der Waals surface area contributed by atoms with Crippen LogP contribution >= 0.6 is 0 Å². The fourth-order valence-corrected chi connectivity index (χ4v) is 4.58. The summed E-state index contributed by atoms with van der Waals surface area (Å²) >= 11 is 0. The number of aromatic hydroxyl groups is 1. The molecule has 1 fully saturated rings. The Morgan fingerprint density at radius 3 is 2.55 bits per heavy atom. The monoisotopic (exact) mass is 399 g/mol. The van der Waals surface area contributed by atoms with Gasteiger partial charge < -0.3 is 28.8 Å². The Morgan fingerprint density at radius 1 is 1.03 bits per heavy atom. The van der Waals surface area contributed by atoms with Crippen molar-refractivity contribution in [1.29, 1.82) is 0 Å². The van der Waals surface area contributed by atoms with E-state index in [-0.39, 0.29) is 30.6 Å². The SMILES string of the molecule is COc1cc([C@H]2c3cc4c(cc3O[C@H](N3CCOCC3)[C@H]2C)OCO4)ccc1O. The number of fused-ring (bicyclic) bond motifs is 2. The Kier molecular flexibility index (Phi) is 4.64. The first-order chi connectivity index (χ1) is 14.2. The lowest BCUT2D eigenvalue weighted by Gasteiger charge is -2.44. The molecule has 0 radical (unpaired) electrons. The molecule has 3 atom stereocenters. The van der Waals surface area contributed by atoms with Crippen LogP contribution in [0.2, 0.25) is 0 Å². The number of phenols is 1. The standard InChI is InChI=1S/C22H25NO6/c1-13-21(14-3-4-16(24)18(9-14)25-2)15-10-19-20(28-12-27-19)11-17(15)29-22(13)23-5-7-26-8-6-23/h3-4,9-11,13,21-22,24H,5-8,12H2,1-2H3/t13-,21-,22-/m0/s1. The van der Waals surface area contributed by atoms with E-state index in [1.807, 2.05) is 24.3 Å². The molecule has 1 N–H and O–H groups in total. The summed E-state index contributed by atoms with van der Waals surface area (Å²) in [6.07, 6.45) is -0.0865. The molecule has 0 saturated carbocycles. The molecule has 3 heterocycles. The molecule has 7 heteroatoms. The zero-order valence-electron chi connectivity index (χ0n) is 16.6. The highest BCUT2D eigenvalue weighted by molar-refractivity contribution is 5.57. The third-order valence-corrected chi connectivity index (χ3v) is 6.03. The molecule has 0 spiro atoms. The van der Waals surface area contributed by atoms with Gasteiger partial charge in [0.05, 0.1) is 20.3 Å². The summed E-state index contributed by atoms with van der Waals surface area (Å²) in [5.41, 5.74) is 2.12. The molecule has 3 aliphatic heterocycles. The van der Waals surface area contributed by atoms with Gasteiger partial charge in [0.15, 0.2) is 29.2 Å². The maximum Gasteiger partial charge on any atom is 0.231 e. The van der Waals surface area contributed by atoms with Gasteiger partial charge in [-0.3, -0.25) is 4.90 Å². The van der Waals surface area contributed by atoms with Crippen LogP contribution in [-0.4, -0.2) is 56.4 Å². The van der Waals surface area contributed by atoms with Gasteiger partial charge in [-0.15, -0.1) is 0 Å². The van der Waals surface area contributed by atoms with E-state index in [0.29, 0.717) is 24.7 Å². The number of rotatable bonds is 3. The molecule has 29 heavy (non-hydrogen) atoms. The molecule has 0 aliphatic carbocycles. The quantitative estimate of drug-likeness (QED) is 0.851. The Morgan fingerprint density at radius 2 is 1.79 bits per heavy atom. The summed E-state index contributed by atoms with van der Waals surface area (Å²) in [7, 11) is 1.56. The summed E-state index contributed by atoms with van der Waals surface area (Å²) in [5.74, 6) is 3.06. The van der Waals surface area contributed by atoms with Gasteiger partial charge >= 0.3 is 0 Å². The van der Waals surface area contributed by atoms with Crippen LogP contribution in [0, 0.1) is 5.92 Å². The first kappa shape index (κ1) is 18.4. The number of morpholine rings is 1. The van der Waals surface area contributed by atoms with Crippen molar-refractivity contribution in [3.63, 3.8) is 0 Å². The van der Waals surface area contributed by atoms with Gasteiger partial charge in [-0.1, -0.05) is 13.0 Å². The molecule has 0 unspecified atom stereocenters. The maximum atomic E-state index is 10.1. The van der Waals surface area contributed by atoms with Crippen LogP contribution in [0.3, 0.4) is 0 Å². The Balaban J connectivity index is 1.61. The number of phenolic OH excluding ortho intramolecular Hbond substituents is 1. The second-order valence-electron chi connectivity index (χ2n) is 7.67. The first-order valence-corrected chi connectivity index (χ1v) is 9.94. The van der Waals surface area contributed by atoms with Crippen molar-refractivity contribution in [3.8, 4) is 28.7 Å². The van der Waals surface area contributed by atoms with E-state index in [0.717, 1.165) is 35.7 Å². The number of benzene rings is 2. The second-order valence-corrected chi connectivity index (χ2v) is 7.67. The lowest BCUT2D eigenvalue weighted by molar-refractivity contribution is -0.0784. The average Bonchev–Trinajstić information content (AvgIpc) is 3.20. The van der Waals surface area contributed by atoms with Gasteiger partial charge in [0.1, 0.15) is 5.75 Å². The van der Waals surface area contributed by atoms with Crippen LogP contribution < -0.4 is 18.9 Å². The lowest BCUT2D eigenvalue weighted by atomic mass is 9.78. The molecular formula is C22H25NO6. The smallest absolute Gasteiger partial charge is 0.231 e. The minimum atomic E-state index is -0.0865. The number of nitrogens with zero attached hydrogens (tertiary/aromatic N) is 1. The van der Waals surface area contributed by atoms with E-state index in [1.54, 1.807) is 13.2 Å². The van der Waals surface area contributed by atoms with Crippen molar-refractivity contribution < 1.29 is 28.8 Å². The highest BCUT2D eigenvalue weighted by Gasteiger charge is 2.41. The molecule has 1 saturated heterocycles. The van der Waals surface area contributed by atoms with Crippen molar-refractivity contribution in [2.75, 3.05) is 40.2 Å². The van der Waals surface area contributed by atoms with Gasteiger partial charge in [0.2, 0.25) is 6.79 Å². The number of hydrogen-bond donors (Lipinski definition) is 1. The Bertz CT molecular complexity index is 910. The number of ether oxygens (including phenoxy) is 5. The molecule has 2 aromatic carbocycles. The molecule has 0 amide bonds. The maximum absolute atomic E-state index is 10.1. The zero-order chi connectivity index (χ0) is 20.0. The highest BCUT2D eigenvalue weighted by Crippen LogP contribution is 2.50. The Hall–Kier alpha value is -2.64. The molecular weight excluding hydrogens is 374 g/mol. The van der Waals surface area contributed by atoms with E-state index < -0.39 is 0 Å². The summed E-state index contributed by atoms with van der Waals surface area (Å²) in [5, 5.41) is 10.1. The van der Waals surface area contributed by atoms with Crippen LogP contribution in [0.1, 0.15) is 24.0 Å². The third-order valence-electron chi connectivity index (χ3n) is 6.03. The van der Waals surface area contributed by atoms with Crippen LogP contribution in [0.15, 0.2) is 30.3 Å². The largest absolute Gasteiger partial charge is 0.504 e. The predicted octanol–water partition coefficient (Wildman–Crippen LogP) is 2.95. The van der Waals surface area contributed by atoms with E-state index >= 15 is 0 Å². The first-order valence-electron chi connectivity index (χ1n) is 9.94. The van der Waals surface area contributed by atoms with Gasteiger partial charge in [0, 0.05) is 36.6 Å². The lowest BCUT2D eigenvalue weighted by Crippen LogP contribution is -2.52. The molecule has 0 aromatic heterocycles. The summed E-state index contributed by atoms with van der Waals surface area (Å²) in [6, 6.07) is 9.50. The predicted molar refractivity (Wildman–Crippen MR) is 105 cm³/mol. The fourth-order valence-electron chi connectivity index (χ4n) is 4.58. The van der Waals surface area contributed by atoms with Gasteiger partial charge in [-0.05, 0) is 23.8 Å². The molecule has 154 valence electrons. The molecule has 7 nitrogen and oxygen atoms in total. The van der Waals surface area contributed by atoms with Crippen LogP contribution in [-0.2, 0) is 4.74 Å². The van der Waals surface area contributed by atoms with E-state index in [2.05, 4.69) is 11.8 Å². The minimum absolute atomic E-state index is 0.0515. The normalized spacial score (nSPS) is 25.9. The van der Waals surface area contributed by atoms with E-state index in [9.17, 15) is 5.11 Å². The second kappa shape index (κ2) is 7.31. The fraction of sp³-hybridized carbons (Fsp3) is 0.455. The molecule has 5 rings (SSSR count). The summed E-state index contributed by atoms with van der Waals surface area (Å²) in [6.45, 7) is 5.51. The van der Waals surface area contributed by atoms with Crippen molar-refractivity contribution in [2.45, 2.75) is 19.1 Å². The molecule has 3 aliphatic rings. The number of hydrogen-bond acceptors (Lipinski definition) is 7. The van der Waals surface area contributed by atoms with Gasteiger partial charge in [-0.25, -0.2) is 0 Å². The average molecular weight is 399 g/mol. The van der Waals surface area contributed by atoms with Crippen molar-refractivity contribution in [3.05, 3.63) is 41.5 Å². The van der Waals surface area contributed by atoms with E-state index in [4.69, 9.17) is 23.7 Å². The highest BCUT2D eigenvalue weighted by atomic mass is 16.7. The number of methoxy groups -OCH3 is 1. The third kappa shape index (κ3) is 3.14. The van der Waals surface area contributed by atoms with Gasteiger partial charge in [-0.2, -0.15) is 0 Å². The van der Waals surface area contributed by atoms with Crippen LogP contribution in [0.4, 0.5) is 0 Å². The topological polar surface area (TPSA) is 69.6 Å². The molecule has 0 bridgehead atoms. The van der Waals surface area contributed by atoms with E-state index in [1.165, 1.54) is 0 Å². The summed E-state index contributed by atoms with van der Waals surface area (Å²) < 4.78 is 28.6.